The summed E-state index contributed by atoms with van der Waals surface area (Å²) in [5.74, 6) is 0.689. The van der Waals surface area contributed by atoms with Gasteiger partial charge in [0.15, 0.2) is 27.0 Å². The van der Waals surface area contributed by atoms with E-state index in [-0.39, 0.29) is 17.2 Å². The lowest BCUT2D eigenvalue weighted by Gasteiger charge is -2.19. The maximum absolute atomic E-state index is 12.6. The van der Waals surface area contributed by atoms with Gasteiger partial charge in [-0.05, 0) is 12.1 Å². The molecule has 0 bridgehead atoms. The number of benzene rings is 1. The zero-order valence-corrected chi connectivity index (χ0v) is 14.4. The van der Waals surface area contributed by atoms with Crippen molar-refractivity contribution < 1.29 is 22.7 Å². The number of ether oxygens (including phenoxy) is 2. The molecule has 1 N–H and O–H groups in total. The van der Waals surface area contributed by atoms with E-state index in [0.29, 0.717) is 42.4 Å². The molecule has 132 valence electrons. The van der Waals surface area contributed by atoms with Crippen LogP contribution in [0.15, 0.2) is 18.2 Å². The molecule has 0 saturated heterocycles. The molecule has 8 nitrogen and oxygen atoms in total. The largest absolute Gasteiger partial charge is 0.486 e. The van der Waals surface area contributed by atoms with E-state index in [2.05, 4.69) is 10.4 Å². The molecule has 4 rings (SSSR count). The zero-order valence-electron chi connectivity index (χ0n) is 13.6. The molecule has 0 spiro atoms. The molecule has 3 heterocycles. The lowest BCUT2D eigenvalue weighted by atomic mass is 10.1. The molecule has 2 aromatic rings. The quantitative estimate of drug-likeness (QED) is 0.852. The number of hydrogen-bond acceptors (Lipinski definition) is 6. The molecule has 2 aliphatic rings. The fourth-order valence-electron chi connectivity index (χ4n) is 3.11. The van der Waals surface area contributed by atoms with Crippen LogP contribution in [-0.2, 0) is 29.1 Å². The first-order valence-corrected chi connectivity index (χ1v) is 9.71. The number of rotatable bonds is 2. The average Bonchev–Trinajstić information content (AvgIpc) is 2.89. The highest BCUT2D eigenvalue weighted by Crippen LogP contribution is 2.33. The van der Waals surface area contributed by atoms with Crippen molar-refractivity contribution in [3.8, 4) is 11.5 Å². The summed E-state index contributed by atoms with van der Waals surface area (Å²) in [6.45, 7) is 0.948. The van der Waals surface area contributed by atoms with Gasteiger partial charge < -0.3 is 14.8 Å². The summed E-state index contributed by atoms with van der Waals surface area (Å²) in [6, 6.07) is 5.11. The van der Waals surface area contributed by atoms with Crippen molar-refractivity contribution in [1.82, 2.24) is 9.78 Å². The Labute approximate surface area is 144 Å². The van der Waals surface area contributed by atoms with Crippen molar-refractivity contribution in [3.63, 3.8) is 0 Å². The van der Waals surface area contributed by atoms with E-state index in [9.17, 15) is 13.2 Å². The van der Waals surface area contributed by atoms with Crippen molar-refractivity contribution in [3.05, 3.63) is 35.2 Å². The zero-order chi connectivity index (χ0) is 17.6. The Kier molecular flexibility index (Phi) is 3.68. The summed E-state index contributed by atoms with van der Waals surface area (Å²) in [6.07, 6.45) is 0.373. The third-order valence-corrected chi connectivity index (χ3v) is 5.86. The van der Waals surface area contributed by atoms with Crippen molar-refractivity contribution >= 4 is 21.4 Å². The molecule has 25 heavy (non-hydrogen) atoms. The fraction of sp³-hybridized carbons (Fsp3) is 0.375. The minimum Gasteiger partial charge on any atom is -0.486 e. The van der Waals surface area contributed by atoms with Crippen LogP contribution in [0.1, 0.15) is 21.7 Å². The predicted molar refractivity (Wildman–Crippen MR) is 89.8 cm³/mol. The topological polar surface area (TPSA) is 99.5 Å². The number of nitrogens with one attached hydrogen (secondary N) is 1. The molecule has 0 radical (unpaired) electrons. The number of sulfone groups is 1. The average molecular weight is 363 g/mol. The predicted octanol–water partition coefficient (Wildman–Crippen LogP) is 0.914. The number of nitrogens with zero attached hydrogens (tertiary/aromatic N) is 2. The number of amides is 1. The van der Waals surface area contributed by atoms with Crippen LogP contribution in [0.4, 0.5) is 5.69 Å². The number of aryl methyl sites for hydroxylation is 1. The van der Waals surface area contributed by atoms with Gasteiger partial charge in [-0.25, -0.2) is 8.42 Å². The number of hydrogen-bond donors (Lipinski definition) is 1. The van der Waals surface area contributed by atoms with Crippen molar-refractivity contribution in [2.45, 2.75) is 12.2 Å². The van der Waals surface area contributed by atoms with E-state index in [1.54, 1.807) is 29.9 Å². The Morgan fingerprint density at radius 2 is 2.00 bits per heavy atom. The van der Waals surface area contributed by atoms with Gasteiger partial charge in [-0.3, -0.25) is 9.48 Å². The highest BCUT2D eigenvalue weighted by Gasteiger charge is 2.30. The first-order valence-electron chi connectivity index (χ1n) is 7.89. The lowest BCUT2D eigenvalue weighted by Crippen LogP contribution is -2.22. The van der Waals surface area contributed by atoms with E-state index in [1.165, 1.54) is 0 Å². The van der Waals surface area contributed by atoms with E-state index < -0.39 is 15.7 Å². The smallest absolute Gasteiger partial charge is 0.276 e. The number of aromatic nitrogens is 2. The van der Waals surface area contributed by atoms with Crippen LogP contribution >= 0.6 is 0 Å². The highest BCUT2D eigenvalue weighted by atomic mass is 32.2. The summed E-state index contributed by atoms with van der Waals surface area (Å²) in [5, 5.41) is 6.98. The number of anilines is 1. The van der Waals surface area contributed by atoms with Gasteiger partial charge in [-0.1, -0.05) is 0 Å². The number of carbonyl (C=O) groups excluding carboxylic acids is 1. The molecular weight excluding hydrogens is 346 g/mol. The first-order chi connectivity index (χ1) is 11.9. The molecule has 9 heteroatoms. The SMILES string of the molecule is Cn1nc(C(=O)Nc2ccc3c(c2)OCCO3)c2c1CCS(=O)(=O)C2. The van der Waals surface area contributed by atoms with Gasteiger partial charge in [0, 0.05) is 36.5 Å². The third kappa shape index (κ3) is 2.95. The van der Waals surface area contributed by atoms with Crippen LogP contribution in [0.25, 0.3) is 0 Å². The summed E-state index contributed by atoms with van der Waals surface area (Å²) < 4.78 is 36.4. The highest BCUT2D eigenvalue weighted by molar-refractivity contribution is 7.90. The fourth-order valence-corrected chi connectivity index (χ4v) is 4.50. The molecule has 0 aliphatic carbocycles. The van der Waals surface area contributed by atoms with Gasteiger partial charge in [-0.15, -0.1) is 0 Å². The van der Waals surface area contributed by atoms with Crippen LogP contribution in [0, 0.1) is 0 Å². The second-order valence-electron chi connectivity index (χ2n) is 6.05. The van der Waals surface area contributed by atoms with Crippen molar-refractivity contribution in [2.24, 2.45) is 7.05 Å². The summed E-state index contributed by atoms with van der Waals surface area (Å²) in [4.78, 5) is 12.6. The standard InChI is InChI=1S/C16H17N3O5S/c1-19-12-4-7-25(21,22)9-11(12)15(18-19)16(20)17-10-2-3-13-14(8-10)24-6-5-23-13/h2-3,8H,4-7,9H2,1H3,(H,17,20). The van der Waals surface area contributed by atoms with Crippen LogP contribution in [-0.4, -0.2) is 43.1 Å². The van der Waals surface area contributed by atoms with Crippen molar-refractivity contribution in [1.29, 1.82) is 0 Å². The monoisotopic (exact) mass is 363 g/mol. The van der Waals surface area contributed by atoms with Crippen LogP contribution in [0.2, 0.25) is 0 Å². The molecule has 1 amide bonds. The van der Waals surface area contributed by atoms with Crippen LogP contribution in [0.3, 0.4) is 0 Å². The lowest BCUT2D eigenvalue weighted by molar-refractivity contribution is 0.102. The molecular formula is C16H17N3O5S. The molecule has 0 unspecified atom stereocenters. The van der Waals surface area contributed by atoms with Gasteiger partial charge in [-0.2, -0.15) is 5.10 Å². The number of carbonyl (C=O) groups is 1. The maximum Gasteiger partial charge on any atom is 0.276 e. The van der Waals surface area contributed by atoms with E-state index in [1.807, 2.05) is 0 Å². The molecule has 1 aromatic carbocycles. The Morgan fingerprint density at radius 1 is 1.24 bits per heavy atom. The molecule has 1 aromatic heterocycles. The summed E-state index contributed by atoms with van der Waals surface area (Å²) in [7, 11) is -1.47. The van der Waals surface area contributed by atoms with Gasteiger partial charge in [0.25, 0.3) is 5.91 Å². The van der Waals surface area contributed by atoms with E-state index in [4.69, 9.17) is 9.47 Å². The van der Waals surface area contributed by atoms with Gasteiger partial charge >= 0.3 is 0 Å². The molecule has 0 saturated carbocycles. The maximum atomic E-state index is 12.6. The van der Waals surface area contributed by atoms with E-state index >= 15 is 0 Å². The first kappa shape index (κ1) is 15.9. The second-order valence-corrected chi connectivity index (χ2v) is 8.24. The van der Waals surface area contributed by atoms with Crippen LogP contribution < -0.4 is 14.8 Å². The molecule has 0 fully saturated rings. The van der Waals surface area contributed by atoms with Gasteiger partial charge in [0.1, 0.15) is 13.2 Å². The summed E-state index contributed by atoms with van der Waals surface area (Å²) in [5.41, 5.74) is 1.97. The number of fused-ring (bicyclic) bond motifs is 2. The summed E-state index contributed by atoms with van der Waals surface area (Å²) >= 11 is 0. The molecule has 0 atom stereocenters. The molecule has 2 aliphatic heterocycles. The Hall–Kier alpha value is -2.55. The minimum atomic E-state index is -3.19. The van der Waals surface area contributed by atoms with E-state index in [0.717, 1.165) is 5.69 Å². The van der Waals surface area contributed by atoms with Crippen molar-refractivity contribution in [2.75, 3.05) is 24.3 Å². The Bertz CT molecular complexity index is 964. The van der Waals surface area contributed by atoms with Gasteiger partial charge in [0.2, 0.25) is 0 Å². The second kappa shape index (κ2) is 5.76. The van der Waals surface area contributed by atoms with Gasteiger partial charge in [0.05, 0.1) is 11.5 Å². The van der Waals surface area contributed by atoms with Crippen LogP contribution in [0.5, 0.6) is 11.5 Å². The Morgan fingerprint density at radius 3 is 2.80 bits per heavy atom. The normalized spacial score (nSPS) is 17.6. The third-order valence-electron chi connectivity index (χ3n) is 4.30. The Balaban J connectivity index is 1.62. The minimum absolute atomic E-state index is 0.0861.